The molecule has 0 aliphatic rings. The van der Waals surface area contributed by atoms with Crippen LogP contribution in [-0.4, -0.2) is 26.0 Å². The van der Waals surface area contributed by atoms with Crippen LogP contribution >= 0.6 is 0 Å². The fraction of sp³-hybridized carbons (Fsp3) is 0.222. The Morgan fingerprint density at radius 2 is 2.21 bits per heavy atom. The third kappa shape index (κ3) is 2.96. The zero-order valence-electron chi connectivity index (χ0n) is 13.4. The molecular formula is C18H19N5O. The van der Waals surface area contributed by atoms with Gasteiger partial charge in [0.05, 0.1) is 12.7 Å². The Hall–Kier alpha value is -2.86. The molecule has 0 radical (unpaired) electrons. The van der Waals surface area contributed by atoms with Crippen molar-refractivity contribution in [2.75, 3.05) is 0 Å². The molecule has 3 aromatic heterocycles. The molecule has 2 N–H and O–H groups in total. The highest BCUT2D eigenvalue weighted by atomic mass is 16.3. The number of para-hydroxylation sites is 1. The highest BCUT2D eigenvalue weighted by Crippen LogP contribution is 2.28. The third-order valence-electron chi connectivity index (χ3n) is 4.05. The molecule has 3 heterocycles. The second-order valence-corrected chi connectivity index (χ2v) is 5.93. The molecule has 0 aliphatic carbocycles. The second-order valence-electron chi connectivity index (χ2n) is 5.93. The maximum Gasteiger partial charge on any atom is 0.153 e. The predicted molar refractivity (Wildman–Crippen MR) is 92.3 cm³/mol. The van der Waals surface area contributed by atoms with Crippen molar-refractivity contribution in [1.29, 1.82) is 0 Å². The van der Waals surface area contributed by atoms with Gasteiger partial charge in [0.15, 0.2) is 5.76 Å². The SMILES string of the molecule is CC(Cn1cccn1)NCc1cn[nH]c1-c1cc2ccccc2o1. The quantitative estimate of drug-likeness (QED) is 0.572. The number of rotatable bonds is 6. The predicted octanol–water partition coefficient (Wildman–Crippen LogP) is 3.20. The summed E-state index contributed by atoms with van der Waals surface area (Å²) < 4.78 is 7.86. The zero-order valence-corrected chi connectivity index (χ0v) is 13.4. The lowest BCUT2D eigenvalue weighted by atomic mass is 10.2. The molecule has 6 nitrogen and oxygen atoms in total. The highest BCUT2D eigenvalue weighted by Gasteiger charge is 2.13. The van der Waals surface area contributed by atoms with Gasteiger partial charge in [0.1, 0.15) is 11.3 Å². The van der Waals surface area contributed by atoms with E-state index < -0.39 is 0 Å². The first kappa shape index (κ1) is 14.7. The Morgan fingerprint density at radius 3 is 3.04 bits per heavy atom. The van der Waals surface area contributed by atoms with Crippen molar-refractivity contribution in [2.24, 2.45) is 0 Å². The molecule has 0 amide bonds. The summed E-state index contributed by atoms with van der Waals surface area (Å²) >= 11 is 0. The Labute approximate surface area is 139 Å². The van der Waals surface area contributed by atoms with Gasteiger partial charge in [0.25, 0.3) is 0 Å². The van der Waals surface area contributed by atoms with Gasteiger partial charge in [-0.25, -0.2) is 0 Å². The maximum atomic E-state index is 5.93. The van der Waals surface area contributed by atoms with E-state index in [9.17, 15) is 0 Å². The first-order chi connectivity index (χ1) is 11.8. The summed E-state index contributed by atoms with van der Waals surface area (Å²) in [7, 11) is 0. The number of aromatic amines is 1. The minimum atomic E-state index is 0.295. The number of nitrogens with one attached hydrogen (secondary N) is 2. The van der Waals surface area contributed by atoms with Crippen LogP contribution in [0.3, 0.4) is 0 Å². The molecule has 1 atom stereocenters. The molecule has 4 aromatic rings. The number of fused-ring (bicyclic) bond motifs is 1. The Morgan fingerprint density at radius 1 is 1.29 bits per heavy atom. The van der Waals surface area contributed by atoms with E-state index >= 15 is 0 Å². The van der Waals surface area contributed by atoms with E-state index in [0.29, 0.717) is 12.6 Å². The van der Waals surface area contributed by atoms with Gasteiger partial charge in [-0.05, 0) is 25.1 Å². The minimum Gasteiger partial charge on any atom is -0.454 e. The van der Waals surface area contributed by atoms with E-state index in [1.165, 1.54) is 0 Å². The van der Waals surface area contributed by atoms with Crippen LogP contribution < -0.4 is 5.32 Å². The van der Waals surface area contributed by atoms with Gasteiger partial charge in [0.2, 0.25) is 0 Å². The van der Waals surface area contributed by atoms with Crippen LogP contribution in [0.25, 0.3) is 22.4 Å². The van der Waals surface area contributed by atoms with Crippen LogP contribution in [-0.2, 0) is 13.1 Å². The van der Waals surface area contributed by atoms with Crippen molar-refractivity contribution in [3.63, 3.8) is 0 Å². The summed E-state index contributed by atoms with van der Waals surface area (Å²) in [6.45, 7) is 3.68. The monoisotopic (exact) mass is 321 g/mol. The minimum absolute atomic E-state index is 0.295. The lowest BCUT2D eigenvalue weighted by Crippen LogP contribution is -2.30. The first-order valence-electron chi connectivity index (χ1n) is 8.01. The summed E-state index contributed by atoms with van der Waals surface area (Å²) in [5, 5.41) is 16.1. The van der Waals surface area contributed by atoms with E-state index in [4.69, 9.17) is 4.42 Å². The number of benzene rings is 1. The van der Waals surface area contributed by atoms with Crippen molar-refractivity contribution in [2.45, 2.75) is 26.1 Å². The topological polar surface area (TPSA) is 71.7 Å². The van der Waals surface area contributed by atoms with Gasteiger partial charge in [-0.2, -0.15) is 10.2 Å². The Kier molecular flexibility index (Phi) is 3.88. The molecule has 0 bridgehead atoms. The molecule has 6 heteroatoms. The van der Waals surface area contributed by atoms with E-state index in [1.807, 2.05) is 53.5 Å². The smallest absolute Gasteiger partial charge is 0.153 e. The summed E-state index contributed by atoms with van der Waals surface area (Å²) in [6.07, 6.45) is 5.61. The number of hydrogen-bond donors (Lipinski definition) is 2. The van der Waals surface area contributed by atoms with Crippen molar-refractivity contribution < 1.29 is 4.42 Å². The highest BCUT2D eigenvalue weighted by molar-refractivity contribution is 5.82. The largest absolute Gasteiger partial charge is 0.454 e. The average Bonchev–Trinajstić information content (AvgIpc) is 3.32. The summed E-state index contributed by atoms with van der Waals surface area (Å²) in [5.74, 6) is 0.810. The van der Waals surface area contributed by atoms with E-state index in [1.54, 1.807) is 6.20 Å². The number of aromatic nitrogens is 4. The number of hydrogen-bond acceptors (Lipinski definition) is 4. The summed E-state index contributed by atoms with van der Waals surface area (Å²) in [6, 6.07) is 12.3. The maximum absolute atomic E-state index is 5.93. The molecule has 0 fully saturated rings. The molecule has 0 spiro atoms. The number of H-pyrrole nitrogens is 1. The van der Waals surface area contributed by atoms with Crippen molar-refractivity contribution in [3.05, 3.63) is 60.6 Å². The Balaban J connectivity index is 1.48. The van der Waals surface area contributed by atoms with Gasteiger partial charge in [-0.3, -0.25) is 9.78 Å². The lowest BCUT2D eigenvalue weighted by molar-refractivity contribution is 0.451. The van der Waals surface area contributed by atoms with Crippen LogP contribution in [0.2, 0.25) is 0 Å². The van der Waals surface area contributed by atoms with Gasteiger partial charge in [-0.1, -0.05) is 18.2 Å². The van der Waals surface area contributed by atoms with E-state index in [0.717, 1.165) is 34.5 Å². The standard InChI is InChI=1S/C18H19N5O/c1-13(12-23-8-4-7-21-23)19-10-15-11-20-22-18(15)17-9-14-5-2-3-6-16(14)24-17/h2-9,11,13,19H,10,12H2,1H3,(H,20,22). The molecule has 0 aliphatic heterocycles. The zero-order chi connectivity index (χ0) is 16.4. The number of furan rings is 1. The molecule has 0 saturated heterocycles. The Bertz CT molecular complexity index is 889. The average molecular weight is 321 g/mol. The van der Waals surface area contributed by atoms with E-state index in [2.05, 4.69) is 27.5 Å². The van der Waals surface area contributed by atoms with Crippen LogP contribution in [0.1, 0.15) is 12.5 Å². The first-order valence-corrected chi connectivity index (χ1v) is 8.01. The molecule has 1 unspecified atom stereocenters. The fourth-order valence-electron chi connectivity index (χ4n) is 2.80. The van der Waals surface area contributed by atoms with Crippen LogP contribution in [0, 0.1) is 0 Å². The molecular weight excluding hydrogens is 302 g/mol. The summed E-state index contributed by atoms with van der Waals surface area (Å²) in [4.78, 5) is 0. The van der Waals surface area contributed by atoms with Crippen LogP contribution in [0.4, 0.5) is 0 Å². The molecule has 4 rings (SSSR count). The normalized spacial score (nSPS) is 12.7. The van der Waals surface area contributed by atoms with Crippen molar-refractivity contribution >= 4 is 11.0 Å². The van der Waals surface area contributed by atoms with Gasteiger partial charge >= 0.3 is 0 Å². The van der Waals surface area contributed by atoms with Crippen molar-refractivity contribution in [1.82, 2.24) is 25.3 Å². The fourth-order valence-corrected chi connectivity index (χ4v) is 2.80. The van der Waals surface area contributed by atoms with Crippen molar-refractivity contribution in [3.8, 4) is 11.5 Å². The third-order valence-corrected chi connectivity index (χ3v) is 4.05. The van der Waals surface area contributed by atoms with Gasteiger partial charge in [0, 0.05) is 35.9 Å². The van der Waals surface area contributed by atoms with Gasteiger partial charge < -0.3 is 9.73 Å². The lowest BCUT2D eigenvalue weighted by Gasteiger charge is -2.13. The second kappa shape index (κ2) is 6.33. The van der Waals surface area contributed by atoms with Crippen LogP contribution in [0.15, 0.2) is 59.4 Å². The van der Waals surface area contributed by atoms with Gasteiger partial charge in [-0.15, -0.1) is 0 Å². The number of nitrogens with zero attached hydrogens (tertiary/aromatic N) is 3. The van der Waals surface area contributed by atoms with E-state index in [-0.39, 0.29) is 0 Å². The molecule has 1 aromatic carbocycles. The summed E-state index contributed by atoms with van der Waals surface area (Å²) in [5.41, 5.74) is 2.89. The molecule has 24 heavy (non-hydrogen) atoms. The molecule has 0 saturated carbocycles. The molecule has 122 valence electrons. The van der Waals surface area contributed by atoms with Crippen LogP contribution in [0.5, 0.6) is 0 Å².